The lowest BCUT2D eigenvalue weighted by Gasteiger charge is -2.25. The highest BCUT2D eigenvalue weighted by molar-refractivity contribution is 5.95. The predicted octanol–water partition coefficient (Wildman–Crippen LogP) is -5.25. The Morgan fingerprint density at radius 3 is 1.94 bits per heavy atom. The van der Waals surface area contributed by atoms with E-state index in [4.69, 9.17) is 32.5 Å². The molecule has 0 fully saturated rings. The second kappa shape index (κ2) is 14.5. The van der Waals surface area contributed by atoms with E-state index in [0.717, 1.165) is 6.92 Å². The van der Waals surface area contributed by atoms with Gasteiger partial charge in [-0.15, -0.1) is 0 Å². The molecule has 0 aliphatic carbocycles. The van der Waals surface area contributed by atoms with Crippen LogP contribution in [0.4, 0.5) is 0 Å². The van der Waals surface area contributed by atoms with E-state index in [-0.39, 0.29) is 25.3 Å². The first-order valence-electron chi connectivity index (χ1n) is 9.75. The lowest BCUT2D eigenvalue weighted by molar-refractivity contribution is -0.145. The van der Waals surface area contributed by atoms with Gasteiger partial charge in [-0.2, -0.15) is 0 Å². The molecule has 0 spiro atoms. The van der Waals surface area contributed by atoms with E-state index < -0.39 is 73.0 Å². The molecule has 0 aliphatic heterocycles. The summed E-state index contributed by atoms with van der Waals surface area (Å²) in [6.07, 6.45) is -2.30. The molecular formula is C17H31N7O9. The summed E-state index contributed by atoms with van der Waals surface area (Å²) in [5.74, 6) is -6.28. The molecule has 5 unspecified atom stereocenters. The van der Waals surface area contributed by atoms with Crippen LogP contribution in [0.3, 0.4) is 0 Å². The average molecular weight is 477 g/mol. The standard InChI is InChI=1S/C17H31N7O9/c1-7(26)12(16(32)33)24-14(30)9(3-2-4-21-17(19)20)22-15(31)10(5-11(27)28)23-13(29)8(18)6-25/h7-10,12,25-26H,2-6,18H2,1H3,(H,22,31)(H,23,29)(H,24,30)(H,27,28)(H,32,33)(H4,19,20,21). The minimum atomic E-state index is -1.69. The number of aliphatic imine (C=N–C) groups is 1. The Kier molecular flexibility index (Phi) is 13.0. The number of rotatable bonds is 15. The molecule has 0 bridgehead atoms. The maximum Gasteiger partial charge on any atom is 0.328 e. The average Bonchev–Trinajstić information content (AvgIpc) is 2.71. The van der Waals surface area contributed by atoms with Crippen molar-refractivity contribution < 1.29 is 44.4 Å². The van der Waals surface area contributed by atoms with Crippen LogP contribution < -0.4 is 33.2 Å². The van der Waals surface area contributed by atoms with E-state index in [1.54, 1.807) is 0 Å². The van der Waals surface area contributed by atoms with Gasteiger partial charge in [0.25, 0.3) is 0 Å². The van der Waals surface area contributed by atoms with Crippen LogP contribution in [0.2, 0.25) is 0 Å². The number of aliphatic carboxylic acids is 2. The number of guanidine groups is 1. The van der Waals surface area contributed by atoms with Gasteiger partial charge in [0.05, 0.1) is 19.1 Å². The minimum absolute atomic E-state index is 0.0569. The summed E-state index contributed by atoms with van der Waals surface area (Å²) in [6, 6.07) is -6.17. The van der Waals surface area contributed by atoms with Crippen molar-refractivity contribution in [2.45, 2.75) is 56.5 Å². The molecule has 13 N–H and O–H groups in total. The van der Waals surface area contributed by atoms with Gasteiger partial charge < -0.3 is 53.6 Å². The number of hydrogen-bond acceptors (Lipinski definition) is 9. The number of nitrogens with one attached hydrogen (secondary N) is 3. The Hall–Kier alpha value is -3.50. The number of aliphatic hydroxyl groups is 2. The van der Waals surface area contributed by atoms with Crippen molar-refractivity contribution in [2.24, 2.45) is 22.2 Å². The van der Waals surface area contributed by atoms with E-state index in [0.29, 0.717) is 0 Å². The Labute approximate surface area is 188 Å². The molecule has 0 saturated heterocycles. The normalized spacial score (nSPS) is 15.2. The molecule has 16 heteroatoms. The van der Waals surface area contributed by atoms with Crippen molar-refractivity contribution in [3.63, 3.8) is 0 Å². The molecule has 0 heterocycles. The third-order valence-electron chi connectivity index (χ3n) is 4.17. The second-order valence-electron chi connectivity index (χ2n) is 7.02. The van der Waals surface area contributed by atoms with Crippen LogP contribution in [-0.4, -0.2) is 99.5 Å². The van der Waals surface area contributed by atoms with E-state index in [9.17, 15) is 29.1 Å². The number of carboxylic acids is 2. The molecule has 0 rings (SSSR count). The Balaban J connectivity index is 5.59. The van der Waals surface area contributed by atoms with Gasteiger partial charge in [-0.25, -0.2) is 4.79 Å². The molecule has 0 aliphatic rings. The number of aliphatic hydroxyl groups excluding tert-OH is 2. The predicted molar refractivity (Wildman–Crippen MR) is 112 cm³/mol. The van der Waals surface area contributed by atoms with E-state index in [1.807, 2.05) is 0 Å². The lowest BCUT2D eigenvalue weighted by atomic mass is 10.1. The maximum absolute atomic E-state index is 12.6. The molecule has 3 amide bonds. The molecule has 0 radical (unpaired) electrons. The highest BCUT2D eigenvalue weighted by atomic mass is 16.4. The Morgan fingerprint density at radius 1 is 0.939 bits per heavy atom. The van der Waals surface area contributed by atoms with Crippen molar-refractivity contribution in [1.29, 1.82) is 0 Å². The fourth-order valence-electron chi connectivity index (χ4n) is 2.43. The fourth-order valence-corrected chi connectivity index (χ4v) is 2.43. The van der Waals surface area contributed by atoms with Crippen LogP contribution >= 0.6 is 0 Å². The molecule has 0 saturated carbocycles. The van der Waals surface area contributed by atoms with Crippen LogP contribution in [0.15, 0.2) is 4.99 Å². The van der Waals surface area contributed by atoms with Crippen LogP contribution in [0, 0.1) is 0 Å². The van der Waals surface area contributed by atoms with Crippen LogP contribution in [0.1, 0.15) is 26.2 Å². The smallest absolute Gasteiger partial charge is 0.328 e. The number of nitrogens with two attached hydrogens (primary N) is 3. The first-order chi connectivity index (χ1) is 15.3. The van der Waals surface area contributed by atoms with Gasteiger partial charge in [0, 0.05) is 6.54 Å². The van der Waals surface area contributed by atoms with Crippen LogP contribution in [-0.2, 0) is 24.0 Å². The number of amides is 3. The molecular weight excluding hydrogens is 446 g/mol. The van der Waals surface area contributed by atoms with Crippen molar-refractivity contribution in [3.8, 4) is 0 Å². The lowest BCUT2D eigenvalue weighted by Crippen LogP contribution is -2.58. The molecule has 188 valence electrons. The van der Waals surface area contributed by atoms with Gasteiger partial charge >= 0.3 is 11.9 Å². The number of nitrogens with zero attached hydrogens (tertiary/aromatic N) is 1. The summed E-state index contributed by atoms with van der Waals surface area (Å²) in [5.41, 5.74) is 15.8. The van der Waals surface area contributed by atoms with Crippen molar-refractivity contribution in [3.05, 3.63) is 0 Å². The van der Waals surface area contributed by atoms with Crippen molar-refractivity contribution in [2.75, 3.05) is 13.2 Å². The van der Waals surface area contributed by atoms with Crippen LogP contribution in [0.5, 0.6) is 0 Å². The highest BCUT2D eigenvalue weighted by Gasteiger charge is 2.32. The molecule has 5 atom stereocenters. The minimum Gasteiger partial charge on any atom is -0.481 e. The van der Waals surface area contributed by atoms with Crippen molar-refractivity contribution >= 4 is 35.6 Å². The molecule has 0 aromatic heterocycles. The number of carbonyl (C=O) groups excluding carboxylic acids is 3. The molecule has 16 nitrogen and oxygen atoms in total. The zero-order valence-electron chi connectivity index (χ0n) is 17.9. The van der Waals surface area contributed by atoms with Gasteiger partial charge in [-0.1, -0.05) is 0 Å². The SMILES string of the molecule is CC(O)C(NC(=O)C(CCCN=C(N)N)NC(=O)C(CC(=O)O)NC(=O)C(N)CO)C(=O)O. The highest BCUT2D eigenvalue weighted by Crippen LogP contribution is 2.04. The molecule has 0 aromatic rings. The third kappa shape index (κ3) is 11.6. The molecule has 33 heavy (non-hydrogen) atoms. The number of hydrogen-bond donors (Lipinski definition) is 10. The monoisotopic (exact) mass is 477 g/mol. The van der Waals surface area contributed by atoms with Gasteiger partial charge in [-0.3, -0.25) is 24.2 Å². The third-order valence-corrected chi connectivity index (χ3v) is 4.17. The van der Waals surface area contributed by atoms with Crippen molar-refractivity contribution in [1.82, 2.24) is 16.0 Å². The van der Waals surface area contributed by atoms with Gasteiger partial charge in [-0.05, 0) is 19.8 Å². The van der Waals surface area contributed by atoms with Crippen LogP contribution in [0.25, 0.3) is 0 Å². The fraction of sp³-hybridized carbons (Fsp3) is 0.647. The largest absolute Gasteiger partial charge is 0.481 e. The summed E-state index contributed by atoms with van der Waals surface area (Å²) in [4.78, 5) is 63.2. The number of carbonyl (C=O) groups is 5. The van der Waals surface area contributed by atoms with E-state index in [1.165, 1.54) is 0 Å². The first-order valence-corrected chi connectivity index (χ1v) is 9.75. The quantitative estimate of drug-likeness (QED) is 0.0601. The summed E-state index contributed by atoms with van der Waals surface area (Å²) >= 11 is 0. The summed E-state index contributed by atoms with van der Waals surface area (Å²) in [6.45, 7) is 0.425. The zero-order chi connectivity index (χ0) is 25.7. The van der Waals surface area contributed by atoms with Gasteiger partial charge in [0.1, 0.15) is 18.1 Å². The first kappa shape index (κ1) is 29.5. The Bertz CT molecular complexity index is 740. The van der Waals surface area contributed by atoms with Gasteiger partial charge in [0.15, 0.2) is 12.0 Å². The zero-order valence-corrected chi connectivity index (χ0v) is 17.9. The summed E-state index contributed by atoms with van der Waals surface area (Å²) in [5, 5.41) is 43.0. The Morgan fingerprint density at radius 2 is 1.48 bits per heavy atom. The van der Waals surface area contributed by atoms with Gasteiger partial charge in [0.2, 0.25) is 17.7 Å². The van der Waals surface area contributed by atoms with E-state index in [2.05, 4.69) is 20.9 Å². The summed E-state index contributed by atoms with van der Waals surface area (Å²) < 4.78 is 0. The second-order valence-corrected chi connectivity index (χ2v) is 7.02. The van der Waals surface area contributed by atoms with E-state index >= 15 is 0 Å². The summed E-state index contributed by atoms with van der Waals surface area (Å²) in [7, 11) is 0. The molecule has 0 aromatic carbocycles. The topological polar surface area (TPSA) is 293 Å². The maximum atomic E-state index is 12.6. The number of carboxylic acid groups (broad SMARTS) is 2.